The number of hydrogen-bond acceptors (Lipinski definition) is 6. The summed E-state index contributed by atoms with van der Waals surface area (Å²) in [4.78, 5) is 11.8. The predicted octanol–water partition coefficient (Wildman–Crippen LogP) is 2.14. The quantitative estimate of drug-likeness (QED) is 0.818. The maximum Gasteiger partial charge on any atom is 0.238 e. The molecule has 0 radical (unpaired) electrons. The average molecular weight is 385 g/mol. The first kappa shape index (κ1) is 16.9. The number of anilines is 2. The van der Waals surface area contributed by atoms with Gasteiger partial charge in [-0.2, -0.15) is 4.98 Å². The molecule has 0 amide bonds. The zero-order valence-corrected chi connectivity index (χ0v) is 15.9. The fourth-order valence-corrected chi connectivity index (χ4v) is 4.15. The van der Waals surface area contributed by atoms with Crippen molar-refractivity contribution in [3.05, 3.63) is 41.1 Å². The monoisotopic (exact) mass is 385 g/mol. The Morgan fingerprint density at radius 1 is 1.07 bits per heavy atom. The van der Waals surface area contributed by atoms with Crippen molar-refractivity contribution >= 4 is 21.8 Å². The van der Waals surface area contributed by atoms with Crippen LogP contribution in [-0.2, 0) is 23.0 Å². The van der Waals surface area contributed by atoms with E-state index in [9.17, 15) is 8.42 Å². The van der Waals surface area contributed by atoms with Gasteiger partial charge in [0.2, 0.25) is 16.0 Å². The van der Waals surface area contributed by atoms with Crippen LogP contribution in [0.5, 0.6) is 0 Å². The smallest absolute Gasteiger partial charge is 0.238 e. The highest BCUT2D eigenvalue weighted by Gasteiger charge is 2.29. The van der Waals surface area contributed by atoms with Crippen LogP contribution in [0.25, 0.3) is 0 Å². The van der Waals surface area contributed by atoms with Crippen LogP contribution in [-0.4, -0.2) is 31.0 Å². The third kappa shape index (κ3) is 3.64. The second kappa shape index (κ2) is 6.17. The number of sulfonamides is 1. The minimum atomic E-state index is -3.70. The van der Waals surface area contributed by atoms with Crippen LogP contribution in [0.1, 0.15) is 48.4 Å². The summed E-state index contributed by atoms with van der Waals surface area (Å²) >= 11 is 0. The number of fused-ring (bicyclic) bond motifs is 1. The lowest BCUT2D eigenvalue weighted by Gasteiger charge is -2.30. The summed E-state index contributed by atoms with van der Waals surface area (Å²) in [6.45, 7) is 1.48. The van der Waals surface area contributed by atoms with Crippen molar-refractivity contribution in [3.8, 4) is 0 Å². The van der Waals surface area contributed by atoms with Crippen LogP contribution in [0.3, 0.4) is 0 Å². The molecule has 2 aromatic rings. The van der Waals surface area contributed by atoms with Gasteiger partial charge in [-0.3, -0.25) is 0 Å². The molecule has 142 valence electrons. The Hall–Kier alpha value is -2.19. The van der Waals surface area contributed by atoms with E-state index in [0.717, 1.165) is 36.0 Å². The molecule has 7 nitrogen and oxygen atoms in total. The molecule has 5 rings (SSSR count). The minimum Gasteiger partial charge on any atom is -0.352 e. The normalized spacial score (nSPS) is 19.7. The van der Waals surface area contributed by atoms with Gasteiger partial charge in [0.1, 0.15) is 5.82 Å². The van der Waals surface area contributed by atoms with Gasteiger partial charge in [-0.05, 0) is 55.4 Å². The Morgan fingerprint density at radius 3 is 2.59 bits per heavy atom. The predicted molar refractivity (Wildman–Crippen MR) is 103 cm³/mol. The van der Waals surface area contributed by atoms with E-state index in [1.807, 2.05) is 6.07 Å². The summed E-state index contributed by atoms with van der Waals surface area (Å²) < 4.78 is 23.4. The summed E-state index contributed by atoms with van der Waals surface area (Å²) in [6, 6.07) is 7.78. The number of nitrogens with one attached hydrogen (secondary N) is 1. The highest BCUT2D eigenvalue weighted by atomic mass is 32.2. The summed E-state index contributed by atoms with van der Waals surface area (Å²) in [5.41, 5.74) is 3.29. The average Bonchev–Trinajstić information content (AvgIpc) is 3.53. The standard InChI is InChI=1S/C19H23N5O2S/c20-27(25,26)16-6-3-12-7-8-24(11-14(12)9-16)18-10-17(13-1-2-13)22-19(23-18)21-15-4-5-15/h3,6,9-10,13,15H,1-2,4-5,7-8,11H2,(H2,20,25,26)(H,21,22,23). The Kier molecular flexibility index (Phi) is 3.87. The highest BCUT2D eigenvalue weighted by Crippen LogP contribution is 2.41. The Labute approximate surface area is 159 Å². The van der Waals surface area contributed by atoms with E-state index in [1.54, 1.807) is 12.1 Å². The third-order valence-electron chi connectivity index (χ3n) is 5.48. The van der Waals surface area contributed by atoms with Crippen LogP contribution in [0.2, 0.25) is 0 Å². The van der Waals surface area contributed by atoms with Gasteiger partial charge in [0, 0.05) is 31.1 Å². The first-order chi connectivity index (χ1) is 13.0. The maximum atomic E-state index is 11.7. The second-order valence-corrected chi connectivity index (χ2v) is 9.38. The number of nitrogens with zero attached hydrogens (tertiary/aromatic N) is 3. The lowest BCUT2D eigenvalue weighted by atomic mass is 10.00. The molecule has 0 unspecified atom stereocenters. The van der Waals surface area contributed by atoms with Crippen LogP contribution < -0.4 is 15.4 Å². The first-order valence-electron chi connectivity index (χ1n) is 9.51. The molecular formula is C19H23N5O2S. The second-order valence-electron chi connectivity index (χ2n) is 7.81. The van der Waals surface area contributed by atoms with E-state index in [0.29, 0.717) is 18.5 Å². The Bertz CT molecular complexity index is 999. The number of aromatic nitrogens is 2. The molecule has 3 N–H and O–H groups in total. The van der Waals surface area contributed by atoms with Crippen molar-refractivity contribution in [2.45, 2.75) is 55.5 Å². The van der Waals surface area contributed by atoms with Gasteiger partial charge in [-0.1, -0.05) is 6.07 Å². The number of primary sulfonamides is 1. The van der Waals surface area contributed by atoms with E-state index in [4.69, 9.17) is 15.1 Å². The molecule has 1 aliphatic heterocycles. The fraction of sp³-hybridized carbons (Fsp3) is 0.474. The highest BCUT2D eigenvalue weighted by molar-refractivity contribution is 7.89. The van der Waals surface area contributed by atoms with Crippen molar-refractivity contribution < 1.29 is 8.42 Å². The summed E-state index contributed by atoms with van der Waals surface area (Å²) in [5.74, 6) is 2.19. The molecule has 8 heteroatoms. The molecule has 1 aromatic carbocycles. The van der Waals surface area contributed by atoms with Gasteiger partial charge in [-0.15, -0.1) is 0 Å². The van der Waals surface area contributed by atoms with E-state index in [1.165, 1.54) is 31.2 Å². The van der Waals surface area contributed by atoms with Crippen molar-refractivity contribution in [2.24, 2.45) is 5.14 Å². The van der Waals surface area contributed by atoms with Crippen molar-refractivity contribution in [1.29, 1.82) is 0 Å². The van der Waals surface area contributed by atoms with Crippen molar-refractivity contribution in [3.63, 3.8) is 0 Å². The fourth-order valence-electron chi connectivity index (χ4n) is 3.58. The molecule has 2 heterocycles. The van der Waals surface area contributed by atoms with E-state index in [-0.39, 0.29) is 4.90 Å². The summed E-state index contributed by atoms with van der Waals surface area (Å²) in [6.07, 6.45) is 5.60. The van der Waals surface area contributed by atoms with Crippen molar-refractivity contribution in [2.75, 3.05) is 16.8 Å². The lowest BCUT2D eigenvalue weighted by Crippen LogP contribution is -2.31. The molecule has 0 spiro atoms. The molecule has 1 aromatic heterocycles. The summed E-state index contributed by atoms with van der Waals surface area (Å²) in [5, 5.41) is 8.72. The largest absolute Gasteiger partial charge is 0.352 e. The minimum absolute atomic E-state index is 0.167. The van der Waals surface area contributed by atoms with Gasteiger partial charge < -0.3 is 10.2 Å². The number of nitrogens with two attached hydrogens (primary N) is 1. The van der Waals surface area contributed by atoms with Gasteiger partial charge in [0.15, 0.2) is 0 Å². The van der Waals surface area contributed by atoms with Gasteiger partial charge >= 0.3 is 0 Å². The van der Waals surface area contributed by atoms with E-state index < -0.39 is 10.0 Å². The Morgan fingerprint density at radius 2 is 1.89 bits per heavy atom. The molecule has 3 aliphatic rings. The number of hydrogen-bond donors (Lipinski definition) is 2. The van der Waals surface area contributed by atoms with E-state index >= 15 is 0 Å². The Balaban J connectivity index is 1.46. The third-order valence-corrected chi connectivity index (χ3v) is 6.39. The zero-order valence-electron chi connectivity index (χ0n) is 15.1. The van der Waals surface area contributed by atoms with Crippen molar-refractivity contribution in [1.82, 2.24) is 9.97 Å². The first-order valence-corrected chi connectivity index (χ1v) is 11.1. The molecule has 2 fully saturated rings. The molecule has 27 heavy (non-hydrogen) atoms. The maximum absolute atomic E-state index is 11.7. The van der Waals surface area contributed by atoms with Crippen LogP contribution in [0, 0.1) is 0 Å². The number of rotatable bonds is 5. The van der Waals surface area contributed by atoms with Crippen LogP contribution in [0.4, 0.5) is 11.8 Å². The summed E-state index contributed by atoms with van der Waals surface area (Å²) in [7, 11) is -3.70. The van der Waals surface area contributed by atoms with Crippen LogP contribution >= 0.6 is 0 Å². The molecule has 0 atom stereocenters. The van der Waals surface area contributed by atoms with E-state index in [2.05, 4.69) is 16.3 Å². The van der Waals surface area contributed by atoms with Crippen LogP contribution in [0.15, 0.2) is 29.2 Å². The molecule has 2 saturated carbocycles. The molecule has 2 aliphatic carbocycles. The number of benzene rings is 1. The molecular weight excluding hydrogens is 362 g/mol. The lowest BCUT2D eigenvalue weighted by molar-refractivity contribution is 0.597. The zero-order chi connectivity index (χ0) is 18.6. The van der Waals surface area contributed by atoms with Gasteiger partial charge in [0.25, 0.3) is 0 Å². The van der Waals surface area contributed by atoms with Gasteiger partial charge in [-0.25, -0.2) is 18.5 Å². The molecule has 0 saturated heterocycles. The molecule has 0 bridgehead atoms. The van der Waals surface area contributed by atoms with Gasteiger partial charge in [0.05, 0.1) is 10.6 Å². The topological polar surface area (TPSA) is 101 Å². The SMILES string of the molecule is NS(=O)(=O)c1ccc2c(c1)CN(c1cc(C3CC3)nc(NC3CC3)n1)CC2.